The third kappa shape index (κ3) is 22.1. The molecule has 0 spiro atoms. The van der Waals surface area contributed by atoms with Gasteiger partial charge in [-0.1, -0.05) is 96.8 Å². The van der Waals surface area contributed by atoms with Gasteiger partial charge in [-0.25, -0.2) is 0 Å². The first-order chi connectivity index (χ1) is 11.7. The second kappa shape index (κ2) is 22.2. The van der Waals surface area contributed by atoms with E-state index in [1.807, 2.05) is 0 Å². The van der Waals surface area contributed by atoms with Gasteiger partial charge in [0.25, 0.3) is 0 Å². The van der Waals surface area contributed by atoms with Crippen molar-refractivity contribution in [3.05, 3.63) is 0 Å². The molecule has 0 aromatic heterocycles. The molecule has 0 N–H and O–H groups in total. The molecule has 0 aliphatic heterocycles. The first kappa shape index (κ1) is 27.4. The van der Waals surface area contributed by atoms with Crippen LogP contribution < -0.4 is 0 Å². The fourth-order valence-corrected chi connectivity index (χ4v) is 3.02. The summed E-state index contributed by atoms with van der Waals surface area (Å²) in [7, 11) is 1.32. The van der Waals surface area contributed by atoms with Crippen LogP contribution in [-0.4, -0.2) is 48.4 Å². The Morgan fingerprint density at radius 1 is 0.640 bits per heavy atom. The van der Waals surface area contributed by atoms with Crippen LogP contribution in [0.2, 0.25) is 0 Å². The van der Waals surface area contributed by atoms with E-state index in [-0.39, 0.29) is 41.8 Å². The molecule has 0 atom stereocenters. The summed E-state index contributed by atoms with van der Waals surface area (Å²) >= 11 is 0. The number of unbranched alkanes of at least 4 members (excludes halogenated alkanes) is 14. The number of hydrogen-bond donors (Lipinski definition) is 0. The van der Waals surface area contributed by atoms with Gasteiger partial charge in [0.1, 0.15) is 12.2 Å². The average molecular weight is 365 g/mol. The first-order valence-corrected chi connectivity index (χ1v) is 10.3. The molecular formula is C21H41NaO3. The van der Waals surface area contributed by atoms with E-state index >= 15 is 0 Å². The van der Waals surface area contributed by atoms with Crippen LogP contribution in [0.25, 0.3) is 0 Å². The van der Waals surface area contributed by atoms with Gasteiger partial charge >= 0.3 is 35.5 Å². The molecule has 0 aromatic carbocycles. The van der Waals surface area contributed by atoms with E-state index in [1.54, 1.807) is 0 Å². The first-order valence-electron chi connectivity index (χ1n) is 10.3. The van der Waals surface area contributed by atoms with Crippen molar-refractivity contribution in [3.63, 3.8) is 0 Å². The molecule has 0 fully saturated rings. The minimum absolute atomic E-state index is 0. The summed E-state index contributed by atoms with van der Waals surface area (Å²) in [6, 6.07) is 0. The minimum atomic E-state index is -0.416. The summed E-state index contributed by atoms with van der Waals surface area (Å²) in [6.07, 6.45) is 20.3. The zero-order valence-corrected chi connectivity index (χ0v) is 16.2. The Balaban J connectivity index is 0. The second-order valence-corrected chi connectivity index (χ2v) is 6.99. The van der Waals surface area contributed by atoms with Gasteiger partial charge in [-0.2, -0.15) is 0 Å². The summed E-state index contributed by atoms with van der Waals surface area (Å²) in [5, 5.41) is 0. The summed E-state index contributed by atoms with van der Waals surface area (Å²) in [4.78, 5) is 22.4. The Morgan fingerprint density at radius 2 is 1.00 bits per heavy atom. The summed E-state index contributed by atoms with van der Waals surface area (Å²) in [6.45, 7) is 2.27. The van der Waals surface area contributed by atoms with E-state index in [9.17, 15) is 9.59 Å². The summed E-state index contributed by atoms with van der Waals surface area (Å²) in [5.74, 6) is -0.405. The van der Waals surface area contributed by atoms with Crippen LogP contribution >= 0.6 is 0 Å². The number of methoxy groups -OCH3 is 1. The monoisotopic (exact) mass is 364 g/mol. The number of esters is 1. The number of hydrogen-bond acceptors (Lipinski definition) is 3. The number of ketones is 1. The molecule has 0 saturated heterocycles. The SMILES string of the molecule is CCCCCCCCCCCCCCCCCC(=O)CC(=O)OC.[NaH]. The van der Waals surface area contributed by atoms with Crippen LogP contribution in [0.3, 0.4) is 0 Å². The van der Waals surface area contributed by atoms with Crippen molar-refractivity contribution < 1.29 is 14.3 Å². The standard InChI is InChI=1S/C21H40O3.Na.H/c1-3-4-5-6-7-8-9-10-11-12-13-14-15-16-17-18-20(22)19-21(23)24-2;;/h3-19H2,1-2H3;;. The molecule has 0 aliphatic rings. The molecular weight excluding hydrogens is 323 g/mol. The summed E-state index contributed by atoms with van der Waals surface area (Å²) < 4.78 is 4.49. The van der Waals surface area contributed by atoms with Crippen molar-refractivity contribution in [1.82, 2.24) is 0 Å². The van der Waals surface area contributed by atoms with Gasteiger partial charge in [0.15, 0.2) is 0 Å². The maximum absolute atomic E-state index is 11.4. The topological polar surface area (TPSA) is 43.4 Å². The van der Waals surface area contributed by atoms with Crippen molar-refractivity contribution in [2.24, 2.45) is 0 Å². The predicted octanol–water partition coefficient (Wildman–Crippen LogP) is 5.73. The van der Waals surface area contributed by atoms with Gasteiger partial charge in [0.2, 0.25) is 0 Å². The van der Waals surface area contributed by atoms with E-state index in [1.165, 1.54) is 90.6 Å². The van der Waals surface area contributed by atoms with Gasteiger partial charge in [-0.05, 0) is 6.42 Å². The zero-order valence-electron chi connectivity index (χ0n) is 16.2. The van der Waals surface area contributed by atoms with Crippen molar-refractivity contribution in [2.75, 3.05) is 7.11 Å². The van der Waals surface area contributed by atoms with Crippen LogP contribution in [0.5, 0.6) is 0 Å². The van der Waals surface area contributed by atoms with Crippen LogP contribution in [0, 0.1) is 0 Å². The third-order valence-corrected chi connectivity index (χ3v) is 4.63. The van der Waals surface area contributed by atoms with E-state index < -0.39 is 5.97 Å². The summed E-state index contributed by atoms with van der Waals surface area (Å²) in [5.41, 5.74) is 0. The third-order valence-electron chi connectivity index (χ3n) is 4.63. The van der Waals surface area contributed by atoms with Crippen LogP contribution in [0.4, 0.5) is 0 Å². The molecule has 0 rings (SSSR count). The molecule has 25 heavy (non-hydrogen) atoms. The van der Waals surface area contributed by atoms with Crippen molar-refractivity contribution in [2.45, 2.75) is 116 Å². The Labute approximate surface area is 178 Å². The van der Waals surface area contributed by atoms with Crippen LogP contribution in [0.15, 0.2) is 0 Å². The van der Waals surface area contributed by atoms with E-state index in [2.05, 4.69) is 11.7 Å². The second-order valence-electron chi connectivity index (χ2n) is 6.99. The maximum atomic E-state index is 11.4. The zero-order chi connectivity index (χ0) is 17.9. The number of ether oxygens (including phenoxy) is 1. The molecule has 0 heterocycles. The Bertz CT molecular complexity index is 306. The Morgan fingerprint density at radius 3 is 1.36 bits per heavy atom. The fourth-order valence-electron chi connectivity index (χ4n) is 3.02. The Hall–Kier alpha value is 0.140. The van der Waals surface area contributed by atoms with Crippen molar-refractivity contribution in [1.29, 1.82) is 0 Å². The van der Waals surface area contributed by atoms with Gasteiger partial charge in [-0.15, -0.1) is 0 Å². The van der Waals surface area contributed by atoms with Crippen LogP contribution in [0.1, 0.15) is 116 Å². The normalized spacial score (nSPS) is 10.3. The van der Waals surface area contributed by atoms with Crippen LogP contribution in [-0.2, 0) is 14.3 Å². The quantitative estimate of drug-likeness (QED) is 0.135. The average Bonchev–Trinajstić information content (AvgIpc) is 2.58. The molecule has 0 radical (unpaired) electrons. The predicted molar refractivity (Wildman–Crippen MR) is 108 cm³/mol. The molecule has 0 unspecified atom stereocenters. The van der Waals surface area contributed by atoms with E-state index in [4.69, 9.17) is 0 Å². The molecule has 0 amide bonds. The molecule has 0 bridgehead atoms. The van der Waals surface area contributed by atoms with Crippen molar-refractivity contribution in [3.8, 4) is 0 Å². The molecule has 4 heteroatoms. The van der Waals surface area contributed by atoms with Gasteiger partial charge in [0.05, 0.1) is 7.11 Å². The van der Waals surface area contributed by atoms with Crippen molar-refractivity contribution >= 4 is 41.3 Å². The van der Waals surface area contributed by atoms with E-state index in [0.29, 0.717) is 6.42 Å². The van der Waals surface area contributed by atoms with Gasteiger partial charge in [0, 0.05) is 6.42 Å². The number of carbonyl (C=O) groups excluding carboxylic acids is 2. The number of rotatable bonds is 18. The number of Topliss-reactive ketones (excluding diaryl/α,β-unsaturated/α-hetero) is 1. The molecule has 3 nitrogen and oxygen atoms in total. The van der Waals surface area contributed by atoms with Gasteiger partial charge in [-0.3, -0.25) is 9.59 Å². The molecule has 0 saturated carbocycles. The van der Waals surface area contributed by atoms with Gasteiger partial charge < -0.3 is 4.74 Å². The molecule has 0 aliphatic carbocycles. The Kier molecular flexibility index (Phi) is 24.3. The van der Waals surface area contributed by atoms with E-state index in [0.717, 1.165) is 12.8 Å². The molecule has 144 valence electrons. The fraction of sp³-hybridized carbons (Fsp3) is 0.905. The number of carbonyl (C=O) groups is 2. The molecule has 0 aromatic rings.